The van der Waals surface area contributed by atoms with E-state index in [9.17, 15) is 4.79 Å². The lowest BCUT2D eigenvalue weighted by Gasteiger charge is -2.01. The number of carbonyl (C=O) groups excluding carboxylic acids is 1. The molecule has 0 radical (unpaired) electrons. The number of H-pyrrole nitrogens is 1. The van der Waals surface area contributed by atoms with Gasteiger partial charge in [-0.1, -0.05) is 12.2 Å². The topological polar surface area (TPSA) is 55.0 Å². The van der Waals surface area contributed by atoms with Crippen molar-refractivity contribution in [2.24, 2.45) is 11.8 Å². The maximum absolute atomic E-state index is 11.7. The van der Waals surface area contributed by atoms with Gasteiger partial charge in [-0.25, -0.2) is 4.79 Å². The first-order valence-electron chi connectivity index (χ1n) is 6.15. The minimum absolute atomic E-state index is 0.297. The molecular formula is C13H16N2O2. The molecule has 4 nitrogen and oxygen atoms in total. The number of esters is 1. The van der Waals surface area contributed by atoms with Gasteiger partial charge >= 0.3 is 5.97 Å². The van der Waals surface area contributed by atoms with Gasteiger partial charge in [-0.2, -0.15) is 5.10 Å². The fourth-order valence-corrected chi connectivity index (χ4v) is 3.02. The molecule has 0 amide bonds. The normalized spacial score (nSPS) is 29.2. The van der Waals surface area contributed by atoms with Crippen LogP contribution in [-0.2, 0) is 11.2 Å². The highest BCUT2D eigenvalue weighted by molar-refractivity contribution is 5.89. The second-order valence-electron chi connectivity index (χ2n) is 4.68. The van der Waals surface area contributed by atoms with Gasteiger partial charge in [-0.15, -0.1) is 0 Å². The van der Waals surface area contributed by atoms with E-state index in [1.54, 1.807) is 0 Å². The third-order valence-electron chi connectivity index (χ3n) is 3.79. The zero-order chi connectivity index (χ0) is 12.0. The summed E-state index contributed by atoms with van der Waals surface area (Å²) in [4.78, 5) is 11.7. The van der Waals surface area contributed by atoms with Crippen LogP contribution in [0, 0.1) is 11.8 Å². The van der Waals surface area contributed by atoms with Crippen molar-refractivity contribution < 1.29 is 9.53 Å². The Kier molecular flexibility index (Phi) is 2.31. The van der Waals surface area contributed by atoms with Crippen LogP contribution in [0.15, 0.2) is 12.2 Å². The van der Waals surface area contributed by atoms with Crippen LogP contribution in [0.3, 0.4) is 0 Å². The number of hydrogen-bond acceptors (Lipinski definition) is 3. The van der Waals surface area contributed by atoms with Gasteiger partial charge in [0, 0.05) is 17.2 Å². The highest BCUT2D eigenvalue weighted by atomic mass is 16.5. The number of nitrogens with one attached hydrogen (secondary N) is 1. The van der Waals surface area contributed by atoms with E-state index < -0.39 is 0 Å². The molecule has 0 aromatic carbocycles. The maximum atomic E-state index is 11.7. The SMILES string of the molecule is C/C=C/[C@@H]1[C@@H]2Cc3c(C(=O)OCC)n[nH]c3[C@H]12. The fourth-order valence-electron chi connectivity index (χ4n) is 3.02. The number of aromatic amines is 1. The number of nitrogens with zero attached hydrogens (tertiary/aromatic N) is 1. The van der Waals surface area contributed by atoms with E-state index in [4.69, 9.17) is 4.74 Å². The molecule has 2 aliphatic rings. The van der Waals surface area contributed by atoms with Gasteiger partial charge in [0.25, 0.3) is 0 Å². The van der Waals surface area contributed by atoms with Crippen molar-refractivity contribution in [1.29, 1.82) is 0 Å². The number of rotatable bonds is 3. The van der Waals surface area contributed by atoms with E-state index in [0.717, 1.165) is 17.7 Å². The summed E-state index contributed by atoms with van der Waals surface area (Å²) in [5.74, 6) is 1.57. The number of carbonyl (C=O) groups is 1. The van der Waals surface area contributed by atoms with Crippen molar-refractivity contribution in [2.75, 3.05) is 6.61 Å². The number of ether oxygens (including phenoxy) is 1. The summed E-state index contributed by atoms with van der Waals surface area (Å²) >= 11 is 0. The summed E-state index contributed by atoms with van der Waals surface area (Å²) in [6.07, 6.45) is 5.31. The summed E-state index contributed by atoms with van der Waals surface area (Å²) in [7, 11) is 0. The monoisotopic (exact) mass is 232 g/mol. The average Bonchev–Trinajstić information content (AvgIpc) is 2.70. The van der Waals surface area contributed by atoms with Gasteiger partial charge in [-0.3, -0.25) is 5.10 Å². The highest BCUT2D eigenvalue weighted by Gasteiger charge is 2.56. The Morgan fingerprint density at radius 2 is 2.47 bits per heavy atom. The fraction of sp³-hybridized carbons (Fsp3) is 0.538. The van der Waals surface area contributed by atoms with Gasteiger partial charge in [-0.05, 0) is 32.1 Å². The first kappa shape index (κ1) is 10.6. The summed E-state index contributed by atoms with van der Waals surface area (Å²) < 4.78 is 5.00. The van der Waals surface area contributed by atoms with Gasteiger partial charge < -0.3 is 4.74 Å². The van der Waals surface area contributed by atoms with Crippen molar-refractivity contribution >= 4 is 5.97 Å². The summed E-state index contributed by atoms with van der Waals surface area (Å²) in [5.41, 5.74) is 2.73. The molecular weight excluding hydrogens is 216 g/mol. The van der Waals surface area contributed by atoms with Crippen LogP contribution in [0.5, 0.6) is 0 Å². The first-order valence-corrected chi connectivity index (χ1v) is 6.15. The lowest BCUT2D eigenvalue weighted by atomic mass is 10.1. The predicted octanol–water partition coefficient (Wildman–Crippen LogP) is 2.05. The quantitative estimate of drug-likeness (QED) is 0.641. The van der Waals surface area contributed by atoms with Crippen LogP contribution >= 0.6 is 0 Å². The summed E-state index contributed by atoms with van der Waals surface area (Å²) in [6, 6.07) is 0. The van der Waals surface area contributed by atoms with Crippen LogP contribution < -0.4 is 0 Å². The number of aromatic nitrogens is 2. The van der Waals surface area contributed by atoms with Crippen molar-refractivity contribution in [3.63, 3.8) is 0 Å². The van der Waals surface area contributed by atoms with Crippen LogP contribution in [0.4, 0.5) is 0 Å². The largest absolute Gasteiger partial charge is 0.461 e. The lowest BCUT2D eigenvalue weighted by molar-refractivity contribution is 0.0518. The predicted molar refractivity (Wildman–Crippen MR) is 62.8 cm³/mol. The Morgan fingerprint density at radius 3 is 3.18 bits per heavy atom. The van der Waals surface area contributed by atoms with Crippen LogP contribution in [0.25, 0.3) is 0 Å². The molecule has 1 fully saturated rings. The molecule has 0 bridgehead atoms. The molecule has 17 heavy (non-hydrogen) atoms. The van der Waals surface area contributed by atoms with E-state index in [-0.39, 0.29) is 5.97 Å². The van der Waals surface area contributed by atoms with Gasteiger partial charge in [0.05, 0.1) is 6.61 Å². The van der Waals surface area contributed by atoms with Crippen molar-refractivity contribution in [3.8, 4) is 0 Å². The smallest absolute Gasteiger partial charge is 0.359 e. The second kappa shape index (κ2) is 3.72. The van der Waals surface area contributed by atoms with E-state index in [1.165, 1.54) is 0 Å². The summed E-state index contributed by atoms with van der Waals surface area (Å²) in [5, 5.41) is 7.13. The molecule has 0 aliphatic heterocycles. The second-order valence-corrected chi connectivity index (χ2v) is 4.68. The zero-order valence-corrected chi connectivity index (χ0v) is 10.1. The third-order valence-corrected chi connectivity index (χ3v) is 3.79. The minimum atomic E-state index is -0.297. The van der Waals surface area contributed by atoms with E-state index in [0.29, 0.717) is 30.1 Å². The Morgan fingerprint density at radius 1 is 1.65 bits per heavy atom. The Hall–Kier alpha value is -1.58. The highest BCUT2D eigenvalue weighted by Crippen LogP contribution is 2.61. The molecule has 1 N–H and O–H groups in total. The molecule has 0 spiro atoms. The van der Waals surface area contributed by atoms with E-state index in [2.05, 4.69) is 22.3 Å². The van der Waals surface area contributed by atoms with Gasteiger partial charge in [0.1, 0.15) is 0 Å². The summed E-state index contributed by atoms with van der Waals surface area (Å²) in [6.45, 7) is 4.25. The molecule has 1 aromatic heterocycles. The standard InChI is InChI=1S/C13H16N2O2/c1-3-5-7-8-6-9-11(10(7)8)14-15-12(9)13(16)17-4-2/h3,5,7-8,10H,4,6H2,1-2H3,(H,14,15)/b5-3+/t7-,8+,10-/m1/s1. The Balaban J connectivity index is 1.84. The Bertz CT molecular complexity index is 490. The first-order chi connectivity index (χ1) is 8.27. The van der Waals surface area contributed by atoms with Crippen molar-refractivity contribution in [1.82, 2.24) is 10.2 Å². The molecule has 3 rings (SSSR count). The number of hydrogen-bond donors (Lipinski definition) is 1. The van der Waals surface area contributed by atoms with Crippen LogP contribution in [0.1, 0.15) is 41.5 Å². The van der Waals surface area contributed by atoms with Crippen LogP contribution in [0.2, 0.25) is 0 Å². The van der Waals surface area contributed by atoms with Crippen molar-refractivity contribution in [2.45, 2.75) is 26.2 Å². The average molecular weight is 232 g/mol. The lowest BCUT2D eigenvalue weighted by Crippen LogP contribution is -2.08. The molecule has 4 heteroatoms. The van der Waals surface area contributed by atoms with Gasteiger partial charge in [0.2, 0.25) is 0 Å². The number of allylic oxidation sites excluding steroid dienone is 2. The van der Waals surface area contributed by atoms with E-state index >= 15 is 0 Å². The van der Waals surface area contributed by atoms with Gasteiger partial charge in [0.15, 0.2) is 5.69 Å². The number of fused-ring (bicyclic) bond motifs is 3. The zero-order valence-electron chi connectivity index (χ0n) is 10.1. The van der Waals surface area contributed by atoms with E-state index in [1.807, 2.05) is 13.8 Å². The molecule has 1 aromatic rings. The molecule has 1 heterocycles. The molecule has 3 atom stereocenters. The maximum Gasteiger partial charge on any atom is 0.359 e. The minimum Gasteiger partial charge on any atom is -0.461 e. The Labute approximate surface area is 100 Å². The molecule has 0 saturated heterocycles. The molecule has 1 saturated carbocycles. The molecule has 90 valence electrons. The van der Waals surface area contributed by atoms with Crippen molar-refractivity contribution in [3.05, 3.63) is 29.1 Å². The molecule has 2 aliphatic carbocycles. The third kappa shape index (κ3) is 1.43. The molecule has 0 unspecified atom stereocenters. The van der Waals surface area contributed by atoms with Crippen LogP contribution in [-0.4, -0.2) is 22.8 Å².